The highest BCUT2D eigenvalue weighted by Crippen LogP contribution is 2.31. The predicted octanol–water partition coefficient (Wildman–Crippen LogP) is 2.18. The number of anilines is 3. The van der Waals surface area contributed by atoms with Crippen molar-refractivity contribution >= 4 is 33.8 Å². The van der Waals surface area contributed by atoms with Crippen LogP contribution in [0.15, 0.2) is 30.7 Å². The van der Waals surface area contributed by atoms with Gasteiger partial charge < -0.3 is 16.0 Å². The van der Waals surface area contributed by atoms with Crippen molar-refractivity contribution in [1.29, 1.82) is 0 Å². The average molecular weight is 395 g/mol. The van der Waals surface area contributed by atoms with Gasteiger partial charge in [-0.25, -0.2) is 4.98 Å². The fraction of sp³-hybridized carbons (Fsp3) is 0.333. The Morgan fingerprint density at radius 1 is 1.25 bits per heavy atom. The van der Waals surface area contributed by atoms with Crippen molar-refractivity contribution in [2.75, 3.05) is 23.3 Å². The summed E-state index contributed by atoms with van der Waals surface area (Å²) in [4.78, 5) is 7.16. The topological polar surface area (TPSA) is 102 Å². The zero-order valence-electron chi connectivity index (χ0n) is 15.7. The van der Waals surface area contributed by atoms with Crippen LogP contribution in [0.1, 0.15) is 12.1 Å². The molecule has 4 aromatic heterocycles. The fourth-order valence-corrected chi connectivity index (χ4v) is 4.18. The van der Waals surface area contributed by atoms with Gasteiger partial charge in [-0.1, -0.05) is 0 Å². The molecule has 9 nitrogen and oxygen atoms in total. The monoisotopic (exact) mass is 395 g/mol. The first-order valence-electron chi connectivity index (χ1n) is 9.15. The minimum Gasteiger partial charge on any atom is -0.355 e. The zero-order chi connectivity index (χ0) is 19.3. The Kier molecular flexibility index (Phi) is 4.02. The molecule has 0 spiro atoms. The molecule has 5 heterocycles. The molecule has 0 unspecified atom stereocenters. The van der Waals surface area contributed by atoms with Crippen LogP contribution in [0, 0.1) is 6.92 Å². The lowest BCUT2D eigenvalue weighted by Gasteiger charge is -2.18. The normalized spacial score (nSPS) is 17.0. The van der Waals surface area contributed by atoms with Crippen LogP contribution in [-0.2, 0) is 7.05 Å². The lowest BCUT2D eigenvalue weighted by Crippen LogP contribution is -2.27. The van der Waals surface area contributed by atoms with E-state index in [-0.39, 0.29) is 6.04 Å². The van der Waals surface area contributed by atoms with E-state index < -0.39 is 0 Å². The lowest BCUT2D eigenvalue weighted by atomic mass is 10.2. The first kappa shape index (κ1) is 17.1. The molecule has 1 aliphatic rings. The Morgan fingerprint density at radius 3 is 2.82 bits per heavy atom. The van der Waals surface area contributed by atoms with Crippen molar-refractivity contribution in [2.45, 2.75) is 19.4 Å². The van der Waals surface area contributed by atoms with Crippen LogP contribution in [0.4, 0.5) is 16.6 Å². The summed E-state index contributed by atoms with van der Waals surface area (Å²) in [5.41, 5.74) is 9.83. The number of nitrogens with one attached hydrogen (secondary N) is 1. The second-order valence-corrected chi connectivity index (χ2v) is 7.95. The molecule has 1 saturated heterocycles. The molecule has 5 rings (SSSR count). The maximum atomic E-state index is 6.12. The molecule has 3 N–H and O–H groups in total. The number of hydrogen-bond acceptors (Lipinski definition) is 8. The van der Waals surface area contributed by atoms with E-state index in [1.807, 2.05) is 49.2 Å². The molecular formula is C18H21N9S. The van der Waals surface area contributed by atoms with Gasteiger partial charge in [-0.05, 0) is 30.9 Å². The molecule has 10 heteroatoms. The molecule has 0 aliphatic carbocycles. The van der Waals surface area contributed by atoms with E-state index in [0.29, 0.717) is 0 Å². The van der Waals surface area contributed by atoms with E-state index in [0.717, 1.165) is 58.6 Å². The molecule has 0 saturated carbocycles. The van der Waals surface area contributed by atoms with Crippen LogP contribution >= 0.6 is 11.5 Å². The Morgan fingerprint density at radius 2 is 2.14 bits per heavy atom. The molecule has 1 fully saturated rings. The van der Waals surface area contributed by atoms with Crippen molar-refractivity contribution < 1.29 is 0 Å². The number of nitrogens with zero attached hydrogens (tertiary/aromatic N) is 7. The highest BCUT2D eigenvalue weighted by atomic mass is 32.1. The third-order valence-corrected chi connectivity index (χ3v) is 5.70. The van der Waals surface area contributed by atoms with Crippen LogP contribution < -0.4 is 16.0 Å². The molecule has 1 aliphatic heterocycles. The zero-order valence-corrected chi connectivity index (χ0v) is 16.5. The predicted molar refractivity (Wildman–Crippen MR) is 110 cm³/mol. The number of aromatic nitrogens is 6. The van der Waals surface area contributed by atoms with Gasteiger partial charge in [0.15, 0.2) is 5.65 Å². The Bertz CT molecular complexity index is 1140. The minimum atomic E-state index is 0.182. The van der Waals surface area contributed by atoms with Crippen LogP contribution in [0.2, 0.25) is 0 Å². The first-order valence-corrected chi connectivity index (χ1v) is 9.93. The lowest BCUT2D eigenvalue weighted by molar-refractivity contribution is 0.751. The van der Waals surface area contributed by atoms with Gasteiger partial charge in [-0.15, -0.1) is 0 Å². The number of nitrogens with two attached hydrogens (primary N) is 1. The van der Waals surface area contributed by atoms with Crippen LogP contribution in [0.3, 0.4) is 0 Å². The van der Waals surface area contributed by atoms with Crippen LogP contribution in [0.25, 0.3) is 16.8 Å². The summed E-state index contributed by atoms with van der Waals surface area (Å²) in [6, 6.07) is 4.23. The summed E-state index contributed by atoms with van der Waals surface area (Å²) in [6.07, 6.45) is 6.61. The minimum absolute atomic E-state index is 0.182. The second kappa shape index (κ2) is 6.57. The van der Waals surface area contributed by atoms with Gasteiger partial charge in [-0.2, -0.15) is 19.1 Å². The molecule has 1 atom stereocenters. The van der Waals surface area contributed by atoms with E-state index in [1.165, 1.54) is 11.5 Å². The Labute approximate surface area is 166 Å². The molecule has 4 aromatic rings. The fourth-order valence-electron chi connectivity index (χ4n) is 3.51. The molecule has 0 amide bonds. The van der Waals surface area contributed by atoms with E-state index in [9.17, 15) is 0 Å². The largest absolute Gasteiger partial charge is 0.355 e. The van der Waals surface area contributed by atoms with E-state index in [2.05, 4.69) is 24.8 Å². The van der Waals surface area contributed by atoms with Crippen LogP contribution in [0.5, 0.6) is 0 Å². The molecule has 144 valence electrons. The van der Waals surface area contributed by atoms with Gasteiger partial charge in [0, 0.05) is 49.6 Å². The van der Waals surface area contributed by atoms with Crippen molar-refractivity contribution in [3.05, 3.63) is 36.4 Å². The first-order chi connectivity index (χ1) is 13.6. The number of aryl methyl sites for hydroxylation is 2. The summed E-state index contributed by atoms with van der Waals surface area (Å²) in [6.45, 7) is 3.69. The highest BCUT2D eigenvalue weighted by Gasteiger charge is 2.23. The van der Waals surface area contributed by atoms with Crippen molar-refractivity contribution in [3.63, 3.8) is 0 Å². The van der Waals surface area contributed by atoms with Crippen molar-refractivity contribution in [2.24, 2.45) is 12.8 Å². The van der Waals surface area contributed by atoms with Gasteiger partial charge in [-0.3, -0.25) is 4.68 Å². The van der Waals surface area contributed by atoms with Gasteiger partial charge in [0.25, 0.3) is 0 Å². The van der Waals surface area contributed by atoms with E-state index >= 15 is 0 Å². The third-order valence-electron chi connectivity index (χ3n) is 4.90. The van der Waals surface area contributed by atoms with Gasteiger partial charge in [0.05, 0.1) is 18.1 Å². The molecule has 28 heavy (non-hydrogen) atoms. The van der Waals surface area contributed by atoms with Crippen molar-refractivity contribution in [3.8, 4) is 11.1 Å². The quantitative estimate of drug-likeness (QED) is 0.546. The van der Waals surface area contributed by atoms with E-state index in [1.54, 1.807) is 4.68 Å². The van der Waals surface area contributed by atoms with Gasteiger partial charge in [0.1, 0.15) is 16.6 Å². The van der Waals surface area contributed by atoms with E-state index in [4.69, 9.17) is 10.7 Å². The molecule has 0 aromatic carbocycles. The Balaban J connectivity index is 1.65. The summed E-state index contributed by atoms with van der Waals surface area (Å²) < 4.78 is 7.96. The van der Waals surface area contributed by atoms with Gasteiger partial charge in [0.2, 0.25) is 0 Å². The summed E-state index contributed by atoms with van der Waals surface area (Å²) in [7, 11) is 1.90. The Hall–Kier alpha value is -2.98. The number of hydrogen-bond donors (Lipinski definition) is 2. The summed E-state index contributed by atoms with van der Waals surface area (Å²) >= 11 is 1.43. The summed E-state index contributed by atoms with van der Waals surface area (Å²) in [5, 5.41) is 13.3. The maximum absolute atomic E-state index is 6.12. The second-order valence-electron chi connectivity index (χ2n) is 7.15. The highest BCUT2D eigenvalue weighted by molar-refractivity contribution is 7.10. The molecule has 0 radical (unpaired) electrons. The van der Waals surface area contributed by atoms with Crippen LogP contribution in [-0.4, -0.2) is 47.9 Å². The molecular weight excluding hydrogens is 374 g/mol. The standard InChI is InChI=1S/C18H21N9S/c1-11-5-17(28-24-11)22-16-6-15(26-4-3-13(19)10-26)23-18-14(8-21-27(16)18)12-7-20-25(2)9-12/h5-9,13,22H,3-4,10,19H2,1-2H3/t13-/m0/s1. The summed E-state index contributed by atoms with van der Waals surface area (Å²) in [5.74, 6) is 1.74. The molecule has 0 bridgehead atoms. The SMILES string of the molecule is Cc1cc(Nc2cc(N3CC[C@H](N)C3)nc3c(-c4cnn(C)c4)cnn23)sn1. The maximum Gasteiger partial charge on any atom is 0.167 e. The van der Waals surface area contributed by atoms with Gasteiger partial charge >= 0.3 is 0 Å². The smallest absolute Gasteiger partial charge is 0.167 e. The number of rotatable bonds is 4. The number of fused-ring (bicyclic) bond motifs is 1. The third kappa shape index (κ3) is 3.00. The van der Waals surface area contributed by atoms with Crippen molar-refractivity contribution in [1.82, 2.24) is 28.8 Å². The average Bonchev–Trinajstić information content (AvgIpc) is 3.43.